The van der Waals surface area contributed by atoms with E-state index in [0.717, 1.165) is 34.3 Å². The number of aryl methyl sites for hydroxylation is 1. The van der Waals surface area contributed by atoms with Gasteiger partial charge < -0.3 is 10.1 Å². The van der Waals surface area contributed by atoms with Gasteiger partial charge in [-0.05, 0) is 49.0 Å². The van der Waals surface area contributed by atoms with Crippen LogP contribution in [0, 0.1) is 6.92 Å². The lowest BCUT2D eigenvalue weighted by molar-refractivity contribution is 0.411. The summed E-state index contributed by atoms with van der Waals surface area (Å²) in [4.78, 5) is 4.39. The van der Waals surface area contributed by atoms with Crippen LogP contribution in [0.3, 0.4) is 0 Å². The number of hydrogen-bond acceptors (Lipinski definition) is 6. The SMILES string of the molecule is COc1ccc(CNC2CC2)cc1CSc1nc(C)ns1. The molecule has 1 aromatic carbocycles. The minimum Gasteiger partial charge on any atom is -0.496 e. The van der Waals surface area contributed by atoms with Gasteiger partial charge in [0, 0.05) is 23.9 Å². The van der Waals surface area contributed by atoms with Crippen LogP contribution in [0.25, 0.3) is 0 Å². The number of nitrogens with zero attached hydrogens (tertiary/aromatic N) is 2. The molecule has 21 heavy (non-hydrogen) atoms. The zero-order chi connectivity index (χ0) is 14.7. The maximum Gasteiger partial charge on any atom is 0.170 e. The van der Waals surface area contributed by atoms with E-state index in [-0.39, 0.29) is 0 Å². The van der Waals surface area contributed by atoms with Crippen molar-refractivity contribution in [1.82, 2.24) is 14.7 Å². The zero-order valence-corrected chi connectivity index (χ0v) is 13.9. The standard InChI is InChI=1S/C15H19N3OS2/c1-10-17-15(21-18-10)20-9-12-7-11(3-6-14(12)19-2)8-16-13-4-5-13/h3,6-7,13,16H,4-5,8-9H2,1-2H3. The number of methoxy groups -OCH3 is 1. The van der Waals surface area contributed by atoms with Crippen molar-refractivity contribution in [2.75, 3.05) is 7.11 Å². The van der Waals surface area contributed by atoms with Crippen molar-refractivity contribution in [3.63, 3.8) is 0 Å². The second-order valence-corrected chi connectivity index (χ2v) is 7.17. The van der Waals surface area contributed by atoms with E-state index in [0.29, 0.717) is 0 Å². The number of aromatic nitrogens is 2. The van der Waals surface area contributed by atoms with Crippen molar-refractivity contribution in [3.05, 3.63) is 35.2 Å². The molecule has 0 aliphatic heterocycles. The van der Waals surface area contributed by atoms with E-state index in [1.54, 1.807) is 18.9 Å². The molecular weight excluding hydrogens is 302 g/mol. The molecule has 0 spiro atoms. The van der Waals surface area contributed by atoms with Crippen LogP contribution < -0.4 is 10.1 Å². The third kappa shape index (κ3) is 4.18. The number of benzene rings is 1. The summed E-state index contributed by atoms with van der Waals surface area (Å²) in [5.74, 6) is 2.64. The molecular formula is C15H19N3OS2. The van der Waals surface area contributed by atoms with Crippen molar-refractivity contribution >= 4 is 23.3 Å². The van der Waals surface area contributed by atoms with Crippen molar-refractivity contribution in [3.8, 4) is 5.75 Å². The van der Waals surface area contributed by atoms with Crippen LogP contribution in [-0.4, -0.2) is 22.5 Å². The lowest BCUT2D eigenvalue weighted by atomic mass is 10.1. The minimum atomic E-state index is 0.731. The average Bonchev–Trinajstić information content (AvgIpc) is 3.24. The Balaban J connectivity index is 1.66. The summed E-state index contributed by atoms with van der Waals surface area (Å²) < 4.78 is 10.7. The molecule has 0 radical (unpaired) electrons. The summed E-state index contributed by atoms with van der Waals surface area (Å²) in [6, 6.07) is 7.16. The van der Waals surface area contributed by atoms with E-state index >= 15 is 0 Å². The van der Waals surface area contributed by atoms with E-state index in [4.69, 9.17) is 4.74 Å². The van der Waals surface area contributed by atoms with Crippen LogP contribution in [-0.2, 0) is 12.3 Å². The van der Waals surface area contributed by atoms with Gasteiger partial charge in [0.2, 0.25) is 0 Å². The van der Waals surface area contributed by atoms with Gasteiger partial charge in [-0.25, -0.2) is 4.98 Å². The summed E-state index contributed by atoms with van der Waals surface area (Å²) in [6.07, 6.45) is 2.63. The van der Waals surface area contributed by atoms with E-state index < -0.39 is 0 Å². The van der Waals surface area contributed by atoms with Gasteiger partial charge in [0.05, 0.1) is 7.11 Å². The van der Waals surface area contributed by atoms with Gasteiger partial charge >= 0.3 is 0 Å². The van der Waals surface area contributed by atoms with Crippen LogP contribution >= 0.6 is 23.3 Å². The maximum atomic E-state index is 5.47. The molecule has 1 fully saturated rings. The Bertz CT molecular complexity index is 611. The highest BCUT2D eigenvalue weighted by Crippen LogP contribution is 2.30. The normalized spacial score (nSPS) is 14.4. The summed E-state index contributed by atoms with van der Waals surface area (Å²) in [5.41, 5.74) is 2.53. The van der Waals surface area contributed by atoms with Crippen LogP contribution in [0.4, 0.5) is 0 Å². The van der Waals surface area contributed by atoms with Gasteiger partial charge in [0.15, 0.2) is 4.34 Å². The van der Waals surface area contributed by atoms with Gasteiger partial charge in [0.25, 0.3) is 0 Å². The number of thioether (sulfide) groups is 1. The molecule has 2 aromatic rings. The highest BCUT2D eigenvalue weighted by Gasteiger charge is 2.20. The number of hydrogen-bond donors (Lipinski definition) is 1. The number of ether oxygens (including phenoxy) is 1. The van der Waals surface area contributed by atoms with Crippen LogP contribution in [0.5, 0.6) is 5.75 Å². The smallest absolute Gasteiger partial charge is 0.170 e. The molecule has 112 valence electrons. The molecule has 3 rings (SSSR count). The molecule has 6 heteroatoms. The highest BCUT2D eigenvalue weighted by molar-refractivity contribution is 8.00. The Labute approximate surface area is 133 Å². The molecule has 0 unspecified atom stereocenters. The fourth-order valence-corrected chi connectivity index (χ4v) is 3.71. The molecule has 1 aliphatic rings. The van der Waals surface area contributed by atoms with Crippen LogP contribution in [0.2, 0.25) is 0 Å². The minimum absolute atomic E-state index is 0.731. The third-order valence-corrected chi connectivity index (χ3v) is 5.35. The molecule has 1 N–H and O–H groups in total. The Kier molecular flexibility index (Phi) is 4.77. The van der Waals surface area contributed by atoms with Gasteiger partial charge in [-0.15, -0.1) is 0 Å². The first-order chi connectivity index (χ1) is 10.2. The van der Waals surface area contributed by atoms with Gasteiger partial charge in [-0.1, -0.05) is 17.8 Å². The summed E-state index contributed by atoms with van der Waals surface area (Å²) >= 11 is 3.17. The van der Waals surface area contributed by atoms with E-state index in [1.807, 2.05) is 6.92 Å². The average molecular weight is 321 g/mol. The second kappa shape index (κ2) is 6.77. The monoisotopic (exact) mass is 321 g/mol. The third-order valence-electron chi connectivity index (χ3n) is 3.38. The molecule has 4 nitrogen and oxygen atoms in total. The van der Waals surface area contributed by atoms with Crippen molar-refractivity contribution < 1.29 is 4.74 Å². The second-order valence-electron chi connectivity index (χ2n) is 5.20. The molecule has 1 aromatic heterocycles. The Hall–Kier alpha value is -1.11. The van der Waals surface area contributed by atoms with E-state index in [1.165, 1.54) is 35.5 Å². The van der Waals surface area contributed by atoms with Crippen molar-refractivity contribution in [2.45, 2.75) is 42.4 Å². The predicted molar refractivity (Wildman–Crippen MR) is 87.1 cm³/mol. The Morgan fingerprint density at radius 3 is 2.95 bits per heavy atom. The topological polar surface area (TPSA) is 47.0 Å². The number of nitrogens with one attached hydrogen (secondary N) is 1. The first-order valence-corrected chi connectivity index (χ1v) is 8.83. The van der Waals surface area contributed by atoms with Gasteiger partial charge in [0.1, 0.15) is 11.6 Å². The van der Waals surface area contributed by atoms with Crippen molar-refractivity contribution in [1.29, 1.82) is 0 Å². The quantitative estimate of drug-likeness (QED) is 0.792. The number of rotatable bonds is 7. The fourth-order valence-electron chi connectivity index (χ4n) is 2.08. The maximum absolute atomic E-state index is 5.47. The van der Waals surface area contributed by atoms with Crippen molar-refractivity contribution in [2.24, 2.45) is 0 Å². The molecule has 0 saturated heterocycles. The Morgan fingerprint density at radius 1 is 1.43 bits per heavy atom. The largest absolute Gasteiger partial charge is 0.496 e. The molecule has 0 bridgehead atoms. The Morgan fingerprint density at radius 2 is 2.29 bits per heavy atom. The molecule has 0 atom stereocenters. The van der Waals surface area contributed by atoms with E-state index in [2.05, 4.69) is 32.9 Å². The van der Waals surface area contributed by atoms with Crippen LogP contribution in [0.1, 0.15) is 29.8 Å². The fraction of sp³-hybridized carbons (Fsp3) is 0.467. The summed E-state index contributed by atoms with van der Waals surface area (Å²) in [5, 5.41) is 3.55. The lowest BCUT2D eigenvalue weighted by Gasteiger charge is -2.10. The van der Waals surface area contributed by atoms with Gasteiger partial charge in [-0.3, -0.25) is 0 Å². The first-order valence-electron chi connectivity index (χ1n) is 7.07. The predicted octanol–water partition coefficient (Wildman–Crippen LogP) is 3.40. The first kappa shape index (κ1) is 14.8. The van der Waals surface area contributed by atoms with E-state index in [9.17, 15) is 0 Å². The molecule has 0 amide bonds. The molecule has 1 aliphatic carbocycles. The molecule has 1 saturated carbocycles. The van der Waals surface area contributed by atoms with Crippen LogP contribution in [0.15, 0.2) is 22.5 Å². The lowest BCUT2D eigenvalue weighted by Crippen LogP contribution is -2.15. The van der Waals surface area contributed by atoms with Gasteiger partial charge in [-0.2, -0.15) is 4.37 Å². The highest BCUT2D eigenvalue weighted by atomic mass is 32.2. The molecule has 1 heterocycles. The summed E-state index contributed by atoms with van der Waals surface area (Å²) in [6.45, 7) is 2.86. The summed E-state index contributed by atoms with van der Waals surface area (Å²) in [7, 11) is 1.72. The zero-order valence-electron chi connectivity index (χ0n) is 12.3.